The summed E-state index contributed by atoms with van der Waals surface area (Å²) in [5.74, 6) is -0.230. The summed E-state index contributed by atoms with van der Waals surface area (Å²) in [7, 11) is 0. The van der Waals surface area contributed by atoms with E-state index in [4.69, 9.17) is 11.6 Å². The highest BCUT2D eigenvalue weighted by Gasteiger charge is 2.33. The van der Waals surface area contributed by atoms with Crippen LogP contribution in [0.2, 0.25) is 5.02 Å². The molecule has 142 valence electrons. The molecular weight excluding hydrogens is 460 g/mol. The van der Waals surface area contributed by atoms with E-state index in [2.05, 4.69) is 20.5 Å². The van der Waals surface area contributed by atoms with Crippen LogP contribution in [0.5, 0.6) is 0 Å². The summed E-state index contributed by atoms with van der Waals surface area (Å²) >= 11 is 10.5. The predicted molar refractivity (Wildman–Crippen MR) is 119 cm³/mol. The Morgan fingerprint density at radius 2 is 1.89 bits per heavy atom. The molecule has 0 aliphatic carbocycles. The Balaban J connectivity index is 1.78. The minimum atomic E-state index is -0.230. The fraction of sp³-hybridized carbons (Fsp3) is 0.143. The third-order valence-corrected chi connectivity index (χ3v) is 6.27. The molecule has 0 N–H and O–H groups in total. The molecule has 0 bridgehead atoms. The molecular formula is C21H16BrClN2O2S. The van der Waals surface area contributed by atoms with Crippen LogP contribution in [-0.4, -0.2) is 27.2 Å². The number of benzene rings is 2. The second kappa shape index (κ2) is 7.78. The molecule has 2 amide bonds. The Bertz CT molecular complexity index is 1120. The first-order valence-corrected chi connectivity index (χ1v) is 10.7. The third-order valence-electron chi connectivity index (χ3n) is 4.62. The molecule has 1 fully saturated rings. The van der Waals surface area contributed by atoms with Gasteiger partial charge in [0.05, 0.1) is 4.91 Å². The molecule has 4 rings (SSSR count). The Morgan fingerprint density at radius 3 is 2.57 bits per heavy atom. The number of carbonyl (C=O) groups is 2. The summed E-state index contributed by atoms with van der Waals surface area (Å²) in [4.78, 5) is 26.2. The average molecular weight is 476 g/mol. The lowest BCUT2D eigenvalue weighted by molar-refractivity contribution is -0.122. The van der Waals surface area contributed by atoms with Crippen molar-refractivity contribution in [1.82, 2.24) is 9.47 Å². The minimum absolute atomic E-state index is 0.218. The number of nitrogens with zero attached hydrogens (tertiary/aromatic N) is 2. The molecule has 28 heavy (non-hydrogen) atoms. The van der Waals surface area contributed by atoms with E-state index in [-0.39, 0.29) is 11.1 Å². The largest absolute Gasteiger partial charge is 0.342 e. The SMILES string of the molecule is CCN1C(=O)S/C(=C\c2cn(Cc3ccc(Cl)cc3)c3ccc(Br)cc23)C1=O. The lowest BCUT2D eigenvalue weighted by atomic mass is 10.1. The molecule has 1 saturated heterocycles. The van der Waals surface area contributed by atoms with Crippen LogP contribution in [0, 0.1) is 0 Å². The van der Waals surface area contributed by atoms with Crippen molar-refractivity contribution in [2.45, 2.75) is 13.5 Å². The number of hydrogen-bond donors (Lipinski definition) is 0. The van der Waals surface area contributed by atoms with E-state index in [9.17, 15) is 9.59 Å². The van der Waals surface area contributed by atoms with Crippen LogP contribution < -0.4 is 0 Å². The molecule has 1 aromatic heterocycles. The molecule has 0 atom stereocenters. The van der Waals surface area contributed by atoms with Crippen LogP contribution in [0.1, 0.15) is 18.1 Å². The normalized spacial score (nSPS) is 16.0. The van der Waals surface area contributed by atoms with Crippen LogP contribution in [0.4, 0.5) is 4.79 Å². The van der Waals surface area contributed by atoms with Gasteiger partial charge in [-0.15, -0.1) is 0 Å². The van der Waals surface area contributed by atoms with E-state index in [1.165, 1.54) is 4.90 Å². The maximum Gasteiger partial charge on any atom is 0.293 e. The van der Waals surface area contributed by atoms with E-state index in [1.54, 1.807) is 6.92 Å². The van der Waals surface area contributed by atoms with Gasteiger partial charge in [0.25, 0.3) is 11.1 Å². The molecule has 0 saturated carbocycles. The molecule has 0 spiro atoms. The van der Waals surface area contributed by atoms with E-state index in [0.29, 0.717) is 23.0 Å². The van der Waals surface area contributed by atoms with Gasteiger partial charge >= 0.3 is 0 Å². The summed E-state index contributed by atoms with van der Waals surface area (Å²) in [6.45, 7) is 2.86. The average Bonchev–Trinajstić information content (AvgIpc) is 3.13. The number of halogens is 2. The lowest BCUT2D eigenvalue weighted by Gasteiger charge is -2.06. The standard InChI is InChI=1S/C21H16BrClN2O2S/c1-2-25-20(26)19(28-21(25)27)9-14-12-24(11-13-3-6-16(23)7-4-13)18-8-5-15(22)10-17(14)18/h3-10,12H,2,11H2,1H3/b19-9-. The molecule has 2 heterocycles. The van der Waals surface area contributed by atoms with E-state index in [1.807, 2.05) is 54.7 Å². The highest BCUT2D eigenvalue weighted by atomic mass is 79.9. The summed E-state index contributed by atoms with van der Waals surface area (Å²) in [6.07, 6.45) is 3.83. The number of carbonyl (C=O) groups excluding carboxylic acids is 2. The van der Waals surface area contributed by atoms with Crippen LogP contribution in [0.15, 0.2) is 58.0 Å². The summed E-state index contributed by atoms with van der Waals surface area (Å²) < 4.78 is 3.10. The summed E-state index contributed by atoms with van der Waals surface area (Å²) in [5.41, 5.74) is 3.09. The molecule has 2 aromatic carbocycles. The summed E-state index contributed by atoms with van der Waals surface area (Å²) in [5, 5.41) is 1.51. The predicted octanol–water partition coefficient (Wildman–Crippen LogP) is 6.16. The molecule has 3 aromatic rings. The highest BCUT2D eigenvalue weighted by Crippen LogP contribution is 2.34. The van der Waals surface area contributed by atoms with Crippen molar-refractivity contribution in [3.05, 3.63) is 74.2 Å². The van der Waals surface area contributed by atoms with Crippen molar-refractivity contribution in [2.75, 3.05) is 6.54 Å². The van der Waals surface area contributed by atoms with Crippen molar-refractivity contribution < 1.29 is 9.59 Å². The second-order valence-corrected chi connectivity index (χ2v) is 8.77. The molecule has 7 heteroatoms. The Kier molecular flexibility index (Phi) is 5.36. The molecule has 0 radical (unpaired) electrons. The van der Waals surface area contributed by atoms with Gasteiger partial charge in [-0.2, -0.15) is 0 Å². The number of hydrogen-bond acceptors (Lipinski definition) is 3. The van der Waals surface area contributed by atoms with Gasteiger partial charge in [0.15, 0.2) is 0 Å². The van der Waals surface area contributed by atoms with Crippen molar-refractivity contribution in [2.24, 2.45) is 0 Å². The van der Waals surface area contributed by atoms with Crippen LogP contribution in [0.25, 0.3) is 17.0 Å². The second-order valence-electron chi connectivity index (χ2n) is 6.43. The van der Waals surface area contributed by atoms with E-state index in [0.717, 1.165) is 38.3 Å². The van der Waals surface area contributed by atoms with Gasteiger partial charge in [0.1, 0.15) is 0 Å². The number of fused-ring (bicyclic) bond motifs is 1. The van der Waals surface area contributed by atoms with E-state index < -0.39 is 0 Å². The van der Waals surface area contributed by atoms with Gasteiger partial charge in [-0.1, -0.05) is 39.7 Å². The first-order valence-electron chi connectivity index (χ1n) is 8.74. The van der Waals surface area contributed by atoms with Crippen molar-refractivity contribution in [3.8, 4) is 0 Å². The Morgan fingerprint density at radius 1 is 1.14 bits per heavy atom. The molecule has 1 aliphatic rings. The fourth-order valence-corrected chi connectivity index (χ4v) is 4.62. The Hall–Kier alpha value is -2.02. The zero-order chi connectivity index (χ0) is 19.8. The van der Waals surface area contributed by atoms with Gasteiger partial charge in [-0.3, -0.25) is 14.5 Å². The fourth-order valence-electron chi connectivity index (χ4n) is 3.24. The Labute approximate surface area is 180 Å². The number of rotatable bonds is 4. The van der Waals surface area contributed by atoms with Crippen LogP contribution >= 0.6 is 39.3 Å². The quantitative estimate of drug-likeness (QED) is 0.424. The number of thioether (sulfide) groups is 1. The van der Waals surface area contributed by atoms with Gasteiger partial charge < -0.3 is 4.57 Å². The van der Waals surface area contributed by atoms with Gasteiger partial charge in [0.2, 0.25) is 0 Å². The van der Waals surface area contributed by atoms with Crippen LogP contribution in [-0.2, 0) is 11.3 Å². The zero-order valence-electron chi connectivity index (χ0n) is 15.0. The van der Waals surface area contributed by atoms with E-state index >= 15 is 0 Å². The first kappa shape index (κ1) is 19.3. The topological polar surface area (TPSA) is 42.3 Å². The molecule has 4 nitrogen and oxygen atoms in total. The smallest absolute Gasteiger partial charge is 0.293 e. The molecule has 1 aliphatic heterocycles. The van der Waals surface area contributed by atoms with Crippen molar-refractivity contribution in [1.29, 1.82) is 0 Å². The number of imide groups is 1. The minimum Gasteiger partial charge on any atom is -0.342 e. The van der Waals surface area contributed by atoms with Crippen molar-refractivity contribution >= 4 is 67.4 Å². The lowest BCUT2D eigenvalue weighted by Crippen LogP contribution is -2.27. The van der Waals surface area contributed by atoms with Gasteiger partial charge in [-0.25, -0.2) is 0 Å². The molecule has 0 unspecified atom stereocenters. The number of likely N-dealkylation sites (N-methyl/N-ethyl adjacent to an activating group) is 1. The monoisotopic (exact) mass is 474 g/mol. The highest BCUT2D eigenvalue weighted by molar-refractivity contribution is 9.10. The first-order chi connectivity index (χ1) is 13.5. The maximum atomic E-state index is 12.5. The zero-order valence-corrected chi connectivity index (χ0v) is 18.1. The van der Waals surface area contributed by atoms with Crippen molar-refractivity contribution in [3.63, 3.8) is 0 Å². The summed E-state index contributed by atoms with van der Waals surface area (Å²) in [6, 6.07) is 13.8. The number of amides is 2. The third kappa shape index (κ3) is 3.64. The van der Waals surface area contributed by atoms with Crippen LogP contribution in [0.3, 0.4) is 0 Å². The van der Waals surface area contributed by atoms with Gasteiger partial charge in [-0.05, 0) is 60.7 Å². The maximum absolute atomic E-state index is 12.5. The van der Waals surface area contributed by atoms with Gasteiger partial charge in [0, 0.05) is 45.2 Å². The number of aromatic nitrogens is 1.